The molecule has 4 nitrogen and oxygen atoms in total. The Balaban J connectivity index is 2.29. The molecule has 1 aliphatic rings. The van der Waals surface area contributed by atoms with Crippen LogP contribution >= 0.6 is 0 Å². The van der Waals surface area contributed by atoms with E-state index in [0.29, 0.717) is 24.0 Å². The molecule has 4 heteroatoms. The summed E-state index contributed by atoms with van der Waals surface area (Å²) < 4.78 is 0. The van der Waals surface area contributed by atoms with E-state index in [9.17, 15) is 9.59 Å². The molecule has 0 spiro atoms. The Morgan fingerprint density at radius 2 is 2.06 bits per heavy atom. The van der Waals surface area contributed by atoms with Crippen molar-refractivity contribution in [3.63, 3.8) is 0 Å². The number of hydrogen-bond acceptors (Lipinski definition) is 4. The molecule has 0 aliphatic carbocycles. The molecule has 88 valence electrons. The summed E-state index contributed by atoms with van der Waals surface area (Å²) in [5.74, 6) is 0. The number of hydrogen-bond donors (Lipinski definition) is 1. The highest BCUT2D eigenvalue weighted by molar-refractivity contribution is 5.75. The fourth-order valence-electron chi connectivity index (χ4n) is 2.42. The first kappa shape index (κ1) is 11.2. The summed E-state index contributed by atoms with van der Waals surface area (Å²) in [5, 5.41) is 3.00. The smallest absolute Gasteiger partial charge is 0.253 e. The van der Waals surface area contributed by atoms with E-state index in [2.05, 4.69) is 17.1 Å². The molecule has 1 fully saturated rings. The van der Waals surface area contributed by atoms with Crippen LogP contribution in [0.2, 0.25) is 0 Å². The second kappa shape index (κ2) is 4.28. The van der Waals surface area contributed by atoms with Gasteiger partial charge in [-0.2, -0.15) is 0 Å². The third-order valence-electron chi connectivity index (χ3n) is 3.33. The van der Waals surface area contributed by atoms with Gasteiger partial charge in [0.15, 0.2) is 0 Å². The molecule has 1 atom stereocenters. The molecule has 0 radical (unpaired) electrons. The van der Waals surface area contributed by atoms with Crippen molar-refractivity contribution in [3.8, 4) is 0 Å². The first-order chi connectivity index (χ1) is 7.66. The largest absolute Gasteiger partial charge is 0.380 e. The van der Waals surface area contributed by atoms with Crippen molar-refractivity contribution in [1.29, 1.82) is 0 Å². The summed E-state index contributed by atoms with van der Waals surface area (Å²) in [7, 11) is 0. The van der Waals surface area contributed by atoms with E-state index >= 15 is 0 Å². The highest BCUT2D eigenvalue weighted by Crippen LogP contribution is 2.27. The number of anilines is 2. The normalized spacial score (nSPS) is 21.4. The van der Waals surface area contributed by atoms with Gasteiger partial charge in [-0.05, 0) is 33.1 Å². The standard InChI is InChI=1S/C12H18N2O2/c1-3-13-9-10(12(16)11(9)15)14-7-5-4-6-8(14)2/h8,13H,3-7H2,1-2H3. The predicted molar refractivity (Wildman–Crippen MR) is 66.2 cm³/mol. The third kappa shape index (κ3) is 1.62. The molecular weight excluding hydrogens is 204 g/mol. The zero-order valence-corrected chi connectivity index (χ0v) is 9.88. The van der Waals surface area contributed by atoms with Crippen molar-refractivity contribution in [1.82, 2.24) is 0 Å². The minimum Gasteiger partial charge on any atom is -0.380 e. The van der Waals surface area contributed by atoms with E-state index in [0.717, 1.165) is 19.4 Å². The van der Waals surface area contributed by atoms with Crippen LogP contribution in [-0.2, 0) is 0 Å². The predicted octanol–water partition coefficient (Wildman–Crippen LogP) is 1.09. The molecule has 0 saturated carbocycles. The molecule has 2 rings (SSSR count). The number of piperidine rings is 1. The molecule has 1 saturated heterocycles. The van der Waals surface area contributed by atoms with Gasteiger partial charge in [0.1, 0.15) is 11.4 Å². The maximum absolute atomic E-state index is 11.6. The van der Waals surface area contributed by atoms with Gasteiger partial charge in [0.2, 0.25) is 0 Å². The number of rotatable bonds is 3. The maximum atomic E-state index is 11.6. The van der Waals surface area contributed by atoms with Gasteiger partial charge >= 0.3 is 0 Å². The summed E-state index contributed by atoms with van der Waals surface area (Å²) in [6.45, 7) is 5.62. The van der Waals surface area contributed by atoms with Crippen molar-refractivity contribution in [2.75, 3.05) is 23.3 Å². The molecule has 1 aromatic rings. The lowest BCUT2D eigenvalue weighted by atomic mass is 10.0. The molecule has 1 unspecified atom stereocenters. The van der Waals surface area contributed by atoms with Crippen LogP contribution in [0.25, 0.3) is 0 Å². The average molecular weight is 222 g/mol. The van der Waals surface area contributed by atoms with Crippen LogP contribution in [0.4, 0.5) is 11.4 Å². The van der Waals surface area contributed by atoms with E-state index in [1.165, 1.54) is 6.42 Å². The Bertz CT molecular complexity index is 446. The molecule has 1 aromatic carbocycles. The molecule has 1 N–H and O–H groups in total. The Labute approximate surface area is 95.0 Å². The molecule has 0 aromatic heterocycles. The van der Waals surface area contributed by atoms with Crippen LogP contribution in [0.15, 0.2) is 9.59 Å². The Kier molecular flexibility index (Phi) is 2.99. The second-order valence-electron chi connectivity index (χ2n) is 4.45. The summed E-state index contributed by atoms with van der Waals surface area (Å²) >= 11 is 0. The Morgan fingerprint density at radius 3 is 2.69 bits per heavy atom. The Hall–Kier alpha value is -1.32. The van der Waals surface area contributed by atoms with Crippen molar-refractivity contribution in [3.05, 3.63) is 20.4 Å². The average Bonchev–Trinajstić information content (AvgIpc) is 2.30. The van der Waals surface area contributed by atoms with E-state index in [4.69, 9.17) is 0 Å². The molecule has 0 amide bonds. The Morgan fingerprint density at radius 1 is 1.31 bits per heavy atom. The van der Waals surface area contributed by atoms with Crippen molar-refractivity contribution >= 4 is 11.4 Å². The molecular formula is C12H18N2O2. The zero-order valence-electron chi connectivity index (χ0n) is 9.88. The quantitative estimate of drug-likeness (QED) is 0.778. The van der Waals surface area contributed by atoms with Gasteiger partial charge in [-0.3, -0.25) is 9.59 Å². The van der Waals surface area contributed by atoms with Gasteiger partial charge in [-0.1, -0.05) is 0 Å². The lowest BCUT2D eigenvalue weighted by Gasteiger charge is -2.36. The first-order valence-electron chi connectivity index (χ1n) is 6.00. The van der Waals surface area contributed by atoms with E-state index in [1.54, 1.807) is 0 Å². The van der Waals surface area contributed by atoms with Crippen LogP contribution < -0.4 is 21.1 Å². The second-order valence-corrected chi connectivity index (χ2v) is 4.45. The fraction of sp³-hybridized carbons (Fsp3) is 0.667. The topological polar surface area (TPSA) is 49.4 Å². The van der Waals surface area contributed by atoms with Gasteiger partial charge in [0.25, 0.3) is 10.9 Å². The minimum absolute atomic E-state index is 0.315. The van der Waals surface area contributed by atoms with Gasteiger partial charge < -0.3 is 10.2 Å². The zero-order chi connectivity index (χ0) is 11.7. The van der Waals surface area contributed by atoms with Crippen LogP contribution in [0.3, 0.4) is 0 Å². The van der Waals surface area contributed by atoms with Crippen LogP contribution in [0.1, 0.15) is 33.1 Å². The number of nitrogens with zero attached hydrogens (tertiary/aromatic N) is 1. The highest BCUT2D eigenvalue weighted by Gasteiger charge is 2.29. The van der Waals surface area contributed by atoms with Crippen molar-refractivity contribution < 1.29 is 0 Å². The monoisotopic (exact) mass is 222 g/mol. The molecule has 0 bridgehead atoms. The van der Waals surface area contributed by atoms with Gasteiger partial charge in [0, 0.05) is 19.1 Å². The molecule has 1 heterocycles. The third-order valence-corrected chi connectivity index (χ3v) is 3.33. The fourth-order valence-corrected chi connectivity index (χ4v) is 2.42. The summed E-state index contributed by atoms with van der Waals surface area (Å²) in [6.07, 6.45) is 3.42. The molecule has 1 aliphatic heterocycles. The highest BCUT2D eigenvalue weighted by atomic mass is 16.2. The summed E-state index contributed by atoms with van der Waals surface area (Å²) in [5.41, 5.74) is 0.486. The van der Waals surface area contributed by atoms with Gasteiger partial charge in [-0.25, -0.2) is 0 Å². The van der Waals surface area contributed by atoms with E-state index < -0.39 is 0 Å². The van der Waals surface area contributed by atoms with Crippen LogP contribution in [-0.4, -0.2) is 19.1 Å². The molecule has 16 heavy (non-hydrogen) atoms. The van der Waals surface area contributed by atoms with Crippen molar-refractivity contribution in [2.24, 2.45) is 0 Å². The van der Waals surface area contributed by atoms with Gasteiger partial charge in [0.05, 0.1) is 0 Å². The number of nitrogens with one attached hydrogen (secondary N) is 1. The van der Waals surface area contributed by atoms with E-state index in [-0.39, 0.29) is 10.9 Å². The van der Waals surface area contributed by atoms with Crippen LogP contribution in [0.5, 0.6) is 0 Å². The first-order valence-corrected chi connectivity index (χ1v) is 6.00. The lowest BCUT2D eigenvalue weighted by molar-refractivity contribution is 0.483. The van der Waals surface area contributed by atoms with Crippen molar-refractivity contribution in [2.45, 2.75) is 39.2 Å². The van der Waals surface area contributed by atoms with Crippen LogP contribution in [0, 0.1) is 0 Å². The minimum atomic E-state index is -0.352. The van der Waals surface area contributed by atoms with E-state index in [1.807, 2.05) is 6.92 Å². The SMILES string of the molecule is CCNc1c(N2CCCCC2C)c(=O)c1=O. The summed E-state index contributed by atoms with van der Waals surface area (Å²) in [6, 6.07) is 0.370. The van der Waals surface area contributed by atoms with Gasteiger partial charge in [-0.15, -0.1) is 0 Å². The summed E-state index contributed by atoms with van der Waals surface area (Å²) in [4.78, 5) is 25.1. The maximum Gasteiger partial charge on any atom is 0.253 e. The lowest BCUT2D eigenvalue weighted by Crippen LogP contribution is -2.47.